The molecule has 2 aromatic rings. The van der Waals surface area contributed by atoms with Gasteiger partial charge in [0.05, 0.1) is 11.6 Å². The van der Waals surface area contributed by atoms with Gasteiger partial charge in [0.25, 0.3) is 0 Å². The van der Waals surface area contributed by atoms with Gasteiger partial charge in [0.15, 0.2) is 0 Å². The molecule has 0 amide bonds. The van der Waals surface area contributed by atoms with Crippen molar-refractivity contribution < 1.29 is 8.81 Å². The van der Waals surface area contributed by atoms with Crippen LogP contribution in [0.3, 0.4) is 0 Å². The Kier molecular flexibility index (Phi) is 4.77. The van der Waals surface area contributed by atoms with Crippen molar-refractivity contribution in [2.75, 3.05) is 6.54 Å². The van der Waals surface area contributed by atoms with Crippen LogP contribution in [0.25, 0.3) is 11.3 Å². The van der Waals surface area contributed by atoms with Gasteiger partial charge >= 0.3 is 0 Å². The van der Waals surface area contributed by atoms with Gasteiger partial charge in [-0.2, -0.15) is 0 Å². The summed E-state index contributed by atoms with van der Waals surface area (Å²) in [6.07, 6.45) is 1.07. The zero-order chi connectivity index (χ0) is 13.8. The fourth-order valence-electron chi connectivity index (χ4n) is 1.88. The van der Waals surface area contributed by atoms with Crippen LogP contribution in [0, 0.1) is 5.82 Å². The van der Waals surface area contributed by atoms with E-state index in [0.717, 1.165) is 23.2 Å². The van der Waals surface area contributed by atoms with Crippen LogP contribution in [0.1, 0.15) is 32.1 Å². The van der Waals surface area contributed by atoms with E-state index in [1.807, 2.05) is 19.1 Å². The lowest BCUT2D eigenvalue weighted by Crippen LogP contribution is -2.18. The molecule has 0 spiro atoms. The number of rotatable bonds is 5. The Hall–Kier alpha value is -1.13. The van der Waals surface area contributed by atoms with Crippen LogP contribution in [0.15, 0.2) is 39.2 Å². The molecule has 0 fully saturated rings. The molecule has 1 heterocycles. The molecule has 0 aliphatic rings. The molecule has 2 rings (SSSR count). The zero-order valence-electron chi connectivity index (χ0n) is 11.0. The topological polar surface area (TPSA) is 25.2 Å². The minimum absolute atomic E-state index is 0.132. The molecular weight excluding hydrogens is 309 g/mol. The summed E-state index contributed by atoms with van der Waals surface area (Å²) in [5.74, 6) is 1.10. The molecule has 1 N–H and O–H groups in total. The van der Waals surface area contributed by atoms with E-state index >= 15 is 0 Å². The lowest BCUT2D eigenvalue weighted by molar-refractivity contribution is 0.437. The zero-order valence-corrected chi connectivity index (χ0v) is 12.6. The molecule has 1 unspecified atom stereocenters. The number of nitrogens with one attached hydrogen (secondary N) is 1. The highest BCUT2D eigenvalue weighted by atomic mass is 79.9. The van der Waals surface area contributed by atoms with E-state index in [9.17, 15) is 4.39 Å². The molecule has 102 valence electrons. The molecule has 0 radical (unpaired) electrons. The molecular formula is C15H17BrFNO. The van der Waals surface area contributed by atoms with E-state index in [0.29, 0.717) is 11.3 Å². The van der Waals surface area contributed by atoms with E-state index in [4.69, 9.17) is 4.42 Å². The normalized spacial score (nSPS) is 12.6. The van der Waals surface area contributed by atoms with Gasteiger partial charge in [0.1, 0.15) is 17.3 Å². The van der Waals surface area contributed by atoms with Crippen molar-refractivity contribution >= 4 is 15.9 Å². The Morgan fingerprint density at radius 1 is 1.32 bits per heavy atom. The van der Waals surface area contributed by atoms with Gasteiger partial charge in [-0.05, 0) is 50.2 Å². The van der Waals surface area contributed by atoms with Crippen molar-refractivity contribution in [1.82, 2.24) is 5.32 Å². The maximum atomic E-state index is 13.8. The highest BCUT2D eigenvalue weighted by Gasteiger charge is 2.13. The van der Waals surface area contributed by atoms with Crippen LogP contribution >= 0.6 is 15.9 Å². The number of halogens is 2. The monoisotopic (exact) mass is 325 g/mol. The van der Waals surface area contributed by atoms with E-state index in [-0.39, 0.29) is 11.9 Å². The van der Waals surface area contributed by atoms with Crippen LogP contribution in [0.2, 0.25) is 0 Å². The summed E-state index contributed by atoms with van der Waals surface area (Å²) in [6.45, 7) is 5.09. The molecule has 0 saturated carbocycles. The average Bonchev–Trinajstić information content (AvgIpc) is 2.85. The van der Waals surface area contributed by atoms with Crippen LogP contribution in [0.4, 0.5) is 4.39 Å². The number of furan rings is 1. The molecule has 0 bridgehead atoms. The largest absolute Gasteiger partial charge is 0.459 e. The van der Waals surface area contributed by atoms with Gasteiger partial charge in [-0.3, -0.25) is 0 Å². The number of benzene rings is 1. The lowest BCUT2D eigenvalue weighted by Gasteiger charge is -2.09. The first kappa shape index (κ1) is 14.3. The van der Waals surface area contributed by atoms with Gasteiger partial charge in [0, 0.05) is 4.47 Å². The quantitative estimate of drug-likeness (QED) is 0.845. The highest BCUT2D eigenvalue weighted by molar-refractivity contribution is 9.10. The predicted octanol–water partition coefficient (Wildman–Crippen LogP) is 4.91. The second kappa shape index (κ2) is 6.35. The Bertz CT molecular complexity index is 553. The van der Waals surface area contributed by atoms with E-state index in [1.54, 1.807) is 12.1 Å². The molecule has 0 saturated heterocycles. The third kappa shape index (κ3) is 3.45. The molecule has 0 aliphatic carbocycles. The Labute approximate surface area is 121 Å². The lowest BCUT2D eigenvalue weighted by atomic mass is 10.1. The van der Waals surface area contributed by atoms with Crippen molar-refractivity contribution in [1.29, 1.82) is 0 Å². The Balaban J connectivity index is 2.20. The van der Waals surface area contributed by atoms with Crippen molar-refractivity contribution in [2.45, 2.75) is 26.3 Å². The van der Waals surface area contributed by atoms with Crippen molar-refractivity contribution in [2.24, 2.45) is 0 Å². The summed E-state index contributed by atoms with van der Waals surface area (Å²) in [5, 5.41) is 3.34. The molecule has 1 aromatic heterocycles. The standard InChI is InChI=1S/C15H17BrFNO/c1-3-8-18-10(2)14-6-7-15(19-14)12-5-4-11(16)9-13(12)17/h4-7,9-10,18H,3,8H2,1-2H3. The van der Waals surface area contributed by atoms with Crippen LogP contribution in [-0.2, 0) is 0 Å². The van der Waals surface area contributed by atoms with Gasteiger partial charge in [-0.1, -0.05) is 22.9 Å². The van der Waals surface area contributed by atoms with E-state index in [2.05, 4.69) is 28.2 Å². The Morgan fingerprint density at radius 2 is 2.11 bits per heavy atom. The summed E-state index contributed by atoms with van der Waals surface area (Å²) >= 11 is 3.25. The molecule has 2 nitrogen and oxygen atoms in total. The van der Waals surface area contributed by atoms with Gasteiger partial charge < -0.3 is 9.73 Å². The van der Waals surface area contributed by atoms with E-state index < -0.39 is 0 Å². The summed E-state index contributed by atoms with van der Waals surface area (Å²) in [6, 6.07) is 8.80. The third-order valence-electron chi connectivity index (χ3n) is 2.95. The Morgan fingerprint density at radius 3 is 2.79 bits per heavy atom. The summed E-state index contributed by atoms with van der Waals surface area (Å²) in [7, 11) is 0. The van der Waals surface area contributed by atoms with Gasteiger partial charge in [-0.15, -0.1) is 0 Å². The van der Waals surface area contributed by atoms with Gasteiger partial charge in [-0.25, -0.2) is 4.39 Å². The molecule has 4 heteroatoms. The first-order valence-electron chi connectivity index (χ1n) is 6.40. The molecule has 1 atom stereocenters. The number of hydrogen-bond donors (Lipinski definition) is 1. The summed E-state index contributed by atoms with van der Waals surface area (Å²) < 4.78 is 20.3. The fraction of sp³-hybridized carbons (Fsp3) is 0.333. The van der Waals surface area contributed by atoms with Crippen molar-refractivity contribution in [3.63, 3.8) is 0 Å². The predicted molar refractivity (Wildman–Crippen MR) is 78.5 cm³/mol. The van der Waals surface area contributed by atoms with Crippen molar-refractivity contribution in [3.8, 4) is 11.3 Å². The van der Waals surface area contributed by atoms with Crippen molar-refractivity contribution in [3.05, 3.63) is 46.4 Å². The third-order valence-corrected chi connectivity index (χ3v) is 3.44. The summed E-state index contributed by atoms with van der Waals surface area (Å²) in [5.41, 5.74) is 0.483. The first-order chi connectivity index (χ1) is 9.11. The fourth-order valence-corrected chi connectivity index (χ4v) is 2.21. The maximum Gasteiger partial charge on any atom is 0.137 e. The molecule has 1 aromatic carbocycles. The van der Waals surface area contributed by atoms with Crippen LogP contribution in [-0.4, -0.2) is 6.54 Å². The highest BCUT2D eigenvalue weighted by Crippen LogP contribution is 2.29. The van der Waals surface area contributed by atoms with Gasteiger partial charge in [0.2, 0.25) is 0 Å². The minimum atomic E-state index is -0.288. The molecule has 19 heavy (non-hydrogen) atoms. The minimum Gasteiger partial charge on any atom is -0.459 e. The maximum absolute atomic E-state index is 13.8. The van der Waals surface area contributed by atoms with Crippen LogP contribution in [0.5, 0.6) is 0 Å². The van der Waals surface area contributed by atoms with E-state index in [1.165, 1.54) is 6.07 Å². The average molecular weight is 326 g/mol. The smallest absolute Gasteiger partial charge is 0.137 e. The first-order valence-corrected chi connectivity index (χ1v) is 7.19. The second-order valence-corrected chi connectivity index (χ2v) is 5.42. The van der Waals surface area contributed by atoms with Crippen LogP contribution < -0.4 is 5.32 Å². The second-order valence-electron chi connectivity index (χ2n) is 4.50. The number of hydrogen-bond acceptors (Lipinski definition) is 2. The molecule has 0 aliphatic heterocycles. The SMILES string of the molecule is CCCNC(C)c1ccc(-c2ccc(Br)cc2F)o1. The summed E-state index contributed by atoms with van der Waals surface area (Å²) in [4.78, 5) is 0.